The Bertz CT molecular complexity index is 611. The fraction of sp³-hybridized carbons (Fsp3) is 0.250. The number of benzene rings is 2. The van der Waals surface area contributed by atoms with E-state index in [1.165, 1.54) is 18.2 Å². The van der Waals surface area contributed by atoms with Crippen LogP contribution in [-0.2, 0) is 6.42 Å². The fourth-order valence-corrected chi connectivity index (χ4v) is 2.45. The Labute approximate surface area is 126 Å². The Balaban J connectivity index is 2.30. The van der Waals surface area contributed by atoms with Crippen LogP contribution in [0.1, 0.15) is 24.1 Å². The SMILES string of the molecule is CCNC(Cc1cc(F)cc(F)c1)c1ccc(Cl)cc1F. The average molecular weight is 314 g/mol. The van der Waals surface area contributed by atoms with Gasteiger partial charge in [0, 0.05) is 22.7 Å². The van der Waals surface area contributed by atoms with Gasteiger partial charge in [-0.25, -0.2) is 13.2 Å². The predicted octanol–water partition coefficient (Wildman–Crippen LogP) is 4.65. The maximum Gasteiger partial charge on any atom is 0.129 e. The Morgan fingerprint density at radius 2 is 1.71 bits per heavy atom. The molecule has 0 spiro atoms. The summed E-state index contributed by atoms with van der Waals surface area (Å²) >= 11 is 5.74. The van der Waals surface area contributed by atoms with E-state index in [9.17, 15) is 13.2 Å². The monoisotopic (exact) mass is 313 g/mol. The Morgan fingerprint density at radius 3 is 2.29 bits per heavy atom. The maximum absolute atomic E-state index is 14.0. The van der Waals surface area contributed by atoms with E-state index < -0.39 is 17.5 Å². The topological polar surface area (TPSA) is 12.0 Å². The molecule has 1 N–H and O–H groups in total. The van der Waals surface area contributed by atoms with Crippen molar-refractivity contribution in [3.63, 3.8) is 0 Å². The zero-order chi connectivity index (χ0) is 15.4. The van der Waals surface area contributed by atoms with Gasteiger partial charge in [0.2, 0.25) is 0 Å². The van der Waals surface area contributed by atoms with E-state index in [0.717, 1.165) is 6.07 Å². The van der Waals surface area contributed by atoms with Crippen molar-refractivity contribution in [2.45, 2.75) is 19.4 Å². The van der Waals surface area contributed by atoms with Crippen molar-refractivity contribution in [2.24, 2.45) is 0 Å². The lowest BCUT2D eigenvalue weighted by molar-refractivity contribution is 0.506. The molecule has 1 unspecified atom stereocenters. The van der Waals surface area contributed by atoms with Crippen molar-refractivity contribution in [1.82, 2.24) is 5.32 Å². The molecule has 1 atom stereocenters. The third-order valence-corrected chi connectivity index (χ3v) is 3.39. The minimum Gasteiger partial charge on any atom is -0.310 e. The first kappa shape index (κ1) is 15.9. The van der Waals surface area contributed by atoms with Crippen molar-refractivity contribution in [3.05, 3.63) is 70.0 Å². The number of nitrogens with one attached hydrogen (secondary N) is 1. The summed E-state index contributed by atoms with van der Waals surface area (Å²) in [5.74, 6) is -1.72. The fourth-order valence-electron chi connectivity index (χ4n) is 2.29. The zero-order valence-corrected chi connectivity index (χ0v) is 12.2. The van der Waals surface area contributed by atoms with Crippen LogP contribution in [0.15, 0.2) is 36.4 Å². The van der Waals surface area contributed by atoms with Crippen LogP contribution >= 0.6 is 11.6 Å². The Hall–Kier alpha value is -1.52. The van der Waals surface area contributed by atoms with E-state index in [-0.39, 0.29) is 12.5 Å². The minimum absolute atomic E-state index is 0.279. The molecule has 0 fully saturated rings. The van der Waals surface area contributed by atoms with Gasteiger partial charge in [0.25, 0.3) is 0 Å². The molecule has 0 aromatic heterocycles. The molecule has 112 valence electrons. The van der Waals surface area contributed by atoms with E-state index in [0.29, 0.717) is 22.7 Å². The van der Waals surface area contributed by atoms with Gasteiger partial charge in [-0.1, -0.05) is 24.6 Å². The number of hydrogen-bond donors (Lipinski definition) is 1. The smallest absolute Gasteiger partial charge is 0.129 e. The van der Waals surface area contributed by atoms with Crippen LogP contribution in [0.5, 0.6) is 0 Å². The van der Waals surface area contributed by atoms with E-state index in [1.54, 1.807) is 12.1 Å². The van der Waals surface area contributed by atoms with Crippen molar-refractivity contribution in [2.75, 3.05) is 6.54 Å². The summed E-state index contributed by atoms with van der Waals surface area (Å²) in [7, 11) is 0. The van der Waals surface area contributed by atoms with Gasteiger partial charge in [-0.15, -0.1) is 0 Å². The first-order chi connectivity index (χ1) is 9.99. The van der Waals surface area contributed by atoms with Crippen LogP contribution in [0.4, 0.5) is 13.2 Å². The predicted molar refractivity (Wildman–Crippen MR) is 77.9 cm³/mol. The summed E-state index contributed by atoms with van der Waals surface area (Å²) in [6.45, 7) is 2.48. The van der Waals surface area contributed by atoms with E-state index in [4.69, 9.17) is 11.6 Å². The first-order valence-electron chi connectivity index (χ1n) is 6.63. The van der Waals surface area contributed by atoms with Crippen LogP contribution < -0.4 is 5.32 Å². The van der Waals surface area contributed by atoms with Crippen molar-refractivity contribution in [3.8, 4) is 0 Å². The highest BCUT2D eigenvalue weighted by Gasteiger charge is 2.16. The normalized spacial score (nSPS) is 12.4. The molecule has 0 aliphatic carbocycles. The molecule has 2 aromatic rings. The molecule has 0 aliphatic heterocycles. The van der Waals surface area contributed by atoms with Gasteiger partial charge in [0.1, 0.15) is 17.5 Å². The van der Waals surface area contributed by atoms with Crippen LogP contribution in [0.3, 0.4) is 0 Å². The lowest BCUT2D eigenvalue weighted by Gasteiger charge is -2.19. The largest absolute Gasteiger partial charge is 0.310 e. The molecular formula is C16H15ClF3N. The standard InChI is InChI=1S/C16H15ClF3N/c1-2-21-16(14-4-3-11(17)8-15(14)20)7-10-5-12(18)9-13(19)6-10/h3-6,8-9,16,21H,2,7H2,1H3. The van der Waals surface area contributed by atoms with Gasteiger partial charge in [0.15, 0.2) is 0 Å². The van der Waals surface area contributed by atoms with E-state index in [1.807, 2.05) is 6.92 Å². The molecule has 2 aromatic carbocycles. The summed E-state index contributed by atoms with van der Waals surface area (Å²) in [4.78, 5) is 0. The number of likely N-dealkylation sites (N-methyl/N-ethyl adjacent to an activating group) is 1. The van der Waals surface area contributed by atoms with Crippen molar-refractivity contribution >= 4 is 11.6 Å². The highest BCUT2D eigenvalue weighted by atomic mass is 35.5. The molecule has 0 radical (unpaired) electrons. The quantitative estimate of drug-likeness (QED) is 0.847. The number of halogens is 4. The maximum atomic E-state index is 14.0. The van der Waals surface area contributed by atoms with Gasteiger partial charge >= 0.3 is 0 Å². The molecule has 21 heavy (non-hydrogen) atoms. The molecule has 0 amide bonds. The number of rotatable bonds is 5. The van der Waals surface area contributed by atoms with E-state index >= 15 is 0 Å². The summed E-state index contributed by atoms with van der Waals surface area (Å²) in [5.41, 5.74) is 0.888. The molecule has 0 saturated carbocycles. The third-order valence-electron chi connectivity index (χ3n) is 3.15. The molecule has 1 nitrogen and oxygen atoms in total. The molecule has 0 bridgehead atoms. The van der Waals surface area contributed by atoms with Gasteiger partial charge in [-0.3, -0.25) is 0 Å². The summed E-state index contributed by atoms with van der Waals surface area (Å²) < 4.78 is 40.5. The van der Waals surface area contributed by atoms with Gasteiger partial charge in [0.05, 0.1) is 0 Å². The summed E-state index contributed by atoms with van der Waals surface area (Å²) in [5, 5.41) is 3.43. The van der Waals surface area contributed by atoms with E-state index in [2.05, 4.69) is 5.32 Å². The second-order valence-electron chi connectivity index (χ2n) is 4.76. The van der Waals surface area contributed by atoms with Gasteiger partial charge in [-0.05, 0) is 42.8 Å². The van der Waals surface area contributed by atoms with Gasteiger partial charge in [-0.2, -0.15) is 0 Å². The van der Waals surface area contributed by atoms with Crippen molar-refractivity contribution in [1.29, 1.82) is 0 Å². The highest BCUT2D eigenvalue weighted by Crippen LogP contribution is 2.24. The Kier molecular flexibility index (Phi) is 5.26. The third kappa shape index (κ3) is 4.22. The summed E-state index contributed by atoms with van der Waals surface area (Å²) in [6.07, 6.45) is 0.279. The molecule has 0 aliphatic rings. The van der Waals surface area contributed by atoms with Crippen LogP contribution in [0.2, 0.25) is 5.02 Å². The molecule has 0 heterocycles. The lowest BCUT2D eigenvalue weighted by atomic mass is 9.98. The lowest BCUT2D eigenvalue weighted by Crippen LogP contribution is -2.24. The highest BCUT2D eigenvalue weighted by molar-refractivity contribution is 6.30. The molecule has 0 saturated heterocycles. The number of hydrogen-bond acceptors (Lipinski definition) is 1. The average Bonchev–Trinajstić information content (AvgIpc) is 2.37. The van der Waals surface area contributed by atoms with Crippen molar-refractivity contribution < 1.29 is 13.2 Å². The summed E-state index contributed by atoms with van der Waals surface area (Å²) in [6, 6.07) is 7.34. The first-order valence-corrected chi connectivity index (χ1v) is 7.00. The van der Waals surface area contributed by atoms with Crippen LogP contribution in [0.25, 0.3) is 0 Å². The van der Waals surface area contributed by atoms with Crippen LogP contribution in [0, 0.1) is 17.5 Å². The molecule has 2 rings (SSSR count). The molecular weight excluding hydrogens is 299 g/mol. The Morgan fingerprint density at radius 1 is 1.05 bits per heavy atom. The second kappa shape index (κ2) is 6.96. The molecule has 5 heteroatoms. The van der Waals surface area contributed by atoms with Crippen LogP contribution in [-0.4, -0.2) is 6.54 Å². The minimum atomic E-state index is -0.642. The second-order valence-corrected chi connectivity index (χ2v) is 5.19. The zero-order valence-electron chi connectivity index (χ0n) is 11.5. The van der Waals surface area contributed by atoms with Gasteiger partial charge < -0.3 is 5.32 Å².